The van der Waals surface area contributed by atoms with E-state index in [0.29, 0.717) is 5.69 Å². The summed E-state index contributed by atoms with van der Waals surface area (Å²) in [5, 5.41) is 2.48. The summed E-state index contributed by atoms with van der Waals surface area (Å²) >= 11 is 0. The molecule has 0 heterocycles. The number of amides is 1. The lowest BCUT2D eigenvalue weighted by Gasteiger charge is -2.09. The minimum absolute atomic E-state index is 0.0462. The van der Waals surface area contributed by atoms with Crippen molar-refractivity contribution in [2.24, 2.45) is 0 Å². The van der Waals surface area contributed by atoms with Crippen LogP contribution in [-0.4, -0.2) is 26.6 Å². The maximum absolute atomic E-state index is 13.4. The second kappa shape index (κ2) is 7.73. The lowest BCUT2D eigenvalue weighted by atomic mass is 10.1. The number of benzene rings is 2. The molecule has 0 spiro atoms. The van der Waals surface area contributed by atoms with Gasteiger partial charge in [-0.3, -0.25) is 9.52 Å². The Morgan fingerprint density at radius 2 is 1.65 bits per heavy atom. The molecule has 2 rings (SSSR count). The molecule has 23 heavy (non-hydrogen) atoms. The van der Waals surface area contributed by atoms with Gasteiger partial charge in [0, 0.05) is 12.2 Å². The number of sulfonamides is 1. The Hall–Kier alpha value is -2.41. The van der Waals surface area contributed by atoms with Crippen LogP contribution < -0.4 is 10.0 Å². The zero-order valence-corrected chi connectivity index (χ0v) is 13.1. The van der Waals surface area contributed by atoms with Gasteiger partial charge in [0.05, 0.1) is 12.2 Å². The minimum Gasteiger partial charge on any atom is -0.355 e. The van der Waals surface area contributed by atoms with Gasteiger partial charge < -0.3 is 5.32 Å². The predicted molar refractivity (Wildman–Crippen MR) is 87.0 cm³/mol. The van der Waals surface area contributed by atoms with Crippen LogP contribution in [0.15, 0.2) is 54.6 Å². The zero-order chi connectivity index (χ0) is 16.7. The first-order valence-corrected chi connectivity index (χ1v) is 8.67. The van der Waals surface area contributed by atoms with Crippen LogP contribution in [0.4, 0.5) is 10.1 Å². The van der Waals surface area contributed by atoms with Crippen molar-refractivity contribution in [2.75, 3.05) is 17.0 Å². The van der Waals surface area contributed by atoms with Crippen LogP contribution in [-0.2, 0) is 21.2 Å². The third kappa shape index (κ3) is 5.71. The first kappa shape index (κ1) is 17.0. The molecule has 0 atom stereocenters. The number of anilines is 1. The number of hydrogen-bond donors (Lipinski definition) is 2. The predicted octanol–water partition coefficient (Wildman–Crippen LogP) is 1.93. The normalized spacial score (nSPS) is 11.0. The Labute approximate surface area is 134 Å². The summed E-state index contributed by atoms with van der Waals surface area (Å²) in [5.41, 5.74) is 0.737. The van der Waals surface area contributed by atoms with E-state index in [1.54, 1.807) is 42.5 Å². The topological polar surface area (TPSA) is 75.3 Å². The fourth-order valence-corrected chi connectivity index (χ4v) is 2.91. The summed E-state index contributed by atoms with van der Waals surface area (Å²) < 4.78 is 39.6. The maximum Gasteiger partial charge on any atom is 0.234 e. The first-order chi connectivity index (χ1) is 11.0. The molecule has 122 valence electrons. The number of hydrogen-bond acceptors (Lipinski definition) is 3. The van der Waals surface area contributed by atoms with Gasteiger partial charge >= 0.3 is 0 Å². The van der Waals surface area contributed by atoms with Crippen molar-refractivity contribution in [2.45, 2.75) is 6.42 Å². The summed E-state index contributed by atoms with van der Waals surface area (Å²) in [6, 6.07) is 14.4. The molecule has 0 unspecified atom stereocenters. The van der Waals surface area contributed by atoms with Crippen LogP contribution in [0, 0.1) is 5.82 Å². The van der Waals surface area contributed by atoms with Gasteiger partial charge in [0.25, 0.3) is 0 Å². The summed E-state index contributed by atoms with van der Waals surface area (Å²) in [6.45, 7) is -0.0462. The molecule has 0 aromatic heterocycles. The third-order valence-corrected chi connectivity index (χ3v) is 4.34. The van der Waals surface area contributed by atoms with E-state index in [2.05, 4.69) is 10.0 Å². The van der Waals surface area contributed by atoms with Gasteiger partial charge in [0.15, 0.2) is 0 Å². The Bertz CT molecular complexity index is 764. The number of carbonyl (C=O) groups excluding carboxylic acids is 1. The summed E-state index contributed by atoms with van der Waals surface area (Å²) in [7, 11) is -3.55. The number of para-hydroxylation sites is 1. The fourth-order valence-electron chi connectivity index (χ4n) is 1.94. The monoisotopic (exact) mass is 336 g/mol. The molecule has 7 heteroatoms. The summed E-state index contributed by atoms with van der Waals surface area (Å²) in [6.07, 6.45) is -0.126. The number of carbonyl (C=O) groups is 1. The fraction of sp³-hybridized carbons (Fsp3) is 0.188. The molecule has 0 bridgehead atoms. The molecule has 2 N–H and O–H groups in total. The van der Waals surface area contributed by atoms with Crippen molar-refractivity contribution in [1.82, 2.24) is 5.32 Å². The highest BCUT2D eigenvalue weighted by Gasteiger charge is 2.12. The van der Waals surface area contributed by atoms with Crippen molar-refractivity contribution in [3.63, 3.8) is 0 Å². The molecule has 0 aliphatic heterocycles. The average molecular weight is 336 g/mol. The van der Waals surface area contributed by atoms with E-state index in [1.807, 2.05) is 0 Å². The SMILES string of the molecule is O=C(Cc1ccccc1F)NCCS(=O)(=O)Nc1ccccc1. The Morgan fingerprint density at radius 3 is 2.35 bits per heavy atom. The summed E-state index contributed by atoms with van der Waals surface area (Å²) in [5.74, 6) is -1.14. The van der Waals surface area contributed by atoms with Gasteiger partial charge in [-0.2, -0.15) is 0 Å². The van der Waals surface area contributed by atoms with E-state index in [1.165, 1.54) is 12.1 Å². The molecule has 0 aliphatic carbocycles. The smallest absolute Gasteiger partial charge is 0.234 e. The molecule has 1 amide bonds. The van der Waals surface area contributed by atoms with E-state index in [4.69, 9.17) is 0 Å². The highest BCUT2D eigenvalue weighted by atomic mass is 32.2. The van der Waals surface area contributed by atoms with Crippen LogP contribution in [0.2, 0.25) is 0 Å². The summed E-state index contributed by atoms with van der Waals surface area (Å²) in [4.78, 5) is 11.7. The van der Waals surface area contributed by atoms with E-state index < -0.39 is 21.7 Å². The quantitative estimate of drug-likeness (QED) is 0.811. The van der Waals surface area contributed by atoms with Crippen molar-refractivity contribution >= 4 is 21.6 Å². The Balaban J connectivity index is 1.80. The van der Waals surface area contributed by atoms with E-state index in [0.717, 1.165) is 0 Å². The molecule has 0 saturated heterocycles. The van der Waals surface area contributed by atoms with Crippen molar-refractivity contribution in [3.05, 3.63) is 66.0 Å². The molecular weight excluding hydrogens is 319 g/mol. The molecule has 0 aliphatic rings. The molecular formula is C16H17FN2O3S. The van der Waals surface area contributed by atoms with Crippen LogP contribution in [0.25, 0.3) is 0 Å². The minimum atomic E-state index is -3.55. The van der Waals surface area contributed by atoms with Crippen molar-refractivity contribution < 1.29 is 17.6 Å². The van der Waals surface area contributed by atoms with E-state index >= 15 is 0 Å². The molecule has 5 nitrogen and oxygen atoms in total. The Kier molecular flexibility index (Phi) is 5.70. The number of nitrogens with one attached hydrogen (secondary N) is 2. The van der Waals surface area contributed by atoms with Gasteiger partial charge in [-0.25, -0.2) is 12.8 Å². The van der Waals surface area contributed by atoms with Crippen LogP contribution in [0.1, 0.15) is 5.56 Å². The second-order valence-corrected chi connectivity index (χ2v) is 6.75. The van der Waals surface area contributed by atoms with Crippen LogP contribution in [0.3, 0.4) is 0 Å². The zero-order valence-electron chi connectivity index (χ0n) is 12.3. The van der Waals surface area contributed by atoms with E-state index in [-0.39, 0.29) is 24.3 Å². The van der Waals surface area contributed by atoms with Crippen molar-refractivity contribution in [3.8, 4) is 0 Å². The largest absolute Gasteiger partial charge is 0.355 e. The Morgan fingerprint density at radius 1 is 1.00 bits per heavy atom. The highest BCUT2D eigenvalue weighted by Crippen LogP contribution is 2.08. The van der Waals surface area contributed by atoms with Gasteiger partial charge in [0.1, 0.15) is 5.82 Å². The van der Waals surface area contributed by atoms with Gasteiger partial charge in [-0.05, 0) is 23.8 Å². The number of rotatable bonds is 7. The first-order valence-electron chi connectivity index (χ1n) is 7.02. The van der Waals surface area contributed by atoms with Crippen molar-refractivity contribution in [1.29, 1.82) is 0 Å². The lowest BCUT2D eigenvalue weighted by Crippen LogP contribution is -2.32. The van der Waals surface area contributed by atoms with Gasteiger partial charge in [-0.1, -0.05) is 36.4 Å². The maximum atomic E-state index is 13.4. The standard InChI is InChI=1S/C16H17FN2O3S/c17-15-9-5-4-6-13(15)12-16(20)18-10-11-23(21,22)19-14-7-2-1-3-8-14/h1-9,19H,10-12H2,(H,18,20). The number of halogens is 1. The van der Waals surface area contributed by atoms with Crippen LogP contribution >= 0.6 is 0 Å². The van der Waals surface area contributed by atoms with Gasteiger partial charge in [0.2, 0.25) is 15.9 Å². The third-order valence-electron chi connectivity index (χ3n) is 3.05. The molecule has 2 aromatic rings. The lowest BCUT2D eigenvalue weighted by molar-refractivity contribution is -0.120. The molecule has 0 radical (unpaired) electrons. The molecule has 0 saturated carbocycles. The molecule has 2 aromatic carbocycles. The highest BCUT2D eigenvalue weighted by molar-refractivity contribution is 7.92. The van der Waals surface area contributed by atoms with Crippen LogP contribution in [0.5, 0.6) is 0 Å². The molecule has 0 fully saturated rings. The van der Waals surface area contributed by atoms with E-state index in [9.17, 15) is 17.6 Å². The second-order valence-electron chi connectivity index (χ2n) is 4.91. The van der Waals surface area contributed by atoms with Gasteiger partial charge in [-0.15, -0.1) is 0 Å². The average Bonchev–Trinajstić information content (AvgIpc) is 2.50.